The minimum absolute atomic E-state index is 0.0153. The molecule has 1 fully saturated rings. The molecule has 0 spiro atoms. The van der Waals surface area contributed by atoms with Crippen LogP contribution >= 0.6 is 23.4 Å². The van der Waals surface area contributed by atoms with Gasteiger partial charge in [0.2, 0.25) is 0 Å². The SMILES string of the molecule is Nc1ncnc2c1ncn2[C@@H]1O[C@H](COP(=O)(O)OP(=O)(O)OP(=O)(O)NCc2ccc(C3(C(F)(F)F)N=N3)cc2)[C@@H](O)[C@H]1O. The predicted molar refractivity (Wildman–Crippen MR) is 139 cm³/mol. The second-order valence-electron chi connectivity index (χ2n) is 9.45. The first-order valence-electron chi connectivity index (χ1n) is 12.2. The number of nitrogens with one attached hydrogen (secondary N) is 1. The maximum absolute atomic E-state index is 13.1. The number of nitrogens with two attached hydrogens (primary N) is 1. The molecule has 2 aliphatic heterocycles. The molecule has 45 heavy (non-hydrogen) atoms. The first-order chi connectivity index (χ1) is 20.8. The minimum Gasteiger partial charge on any atom is -0.387 e. The van der Waals surface area contributed by atoms with Gasteiger partial charge in [0, 0.05) is 12.1 Å². The Bertz CT molecular complexity index is 1760. The number of anilines is 1. The van der Waals surface area contributed by atoms with Crippen LogP contribution in [0.4, 0.5) is 19.0 Å². The zero-order valence-electron chi connectivity index (χ0n) is 22.0. The van der Waals surface area contributed by atoms with Crippen molar-refractivity contribution in [3.63, 3.8) is 0 Å². The second-order valence-corrected chi connectivity index (χ2v) is 14.2. The first-order valence-corrected chi connectivity index (χ1v) is 16.8. The molecule has 26 heteroatoms. The molecule has 1 aromatic carbocycles. The predicted octanol–water partition coefficient (Wildman–Crippen LogP) is 1.35. The first kappa shape index (κ1) is 33.6. The van der Waals surface area contributed by atoms with Gasteiger partial charge in [-0.1, -0.05) is 24.3 Å². The van der Waals surface area contributed by atoms with Crippen molar-refractivity contribution in [3.8, 4) is 0 Å². The van der Waals surface area contributed by atoms with E-state index in [4.69, 9.17) is 10.5 Å². The van der Waals surface area contributed by atoms with Gasteiger partial charge in [-0.3, -0.25) is 9.09 Å². The number of ether oxygens (including phenoxy) is 1. The van der Waals surface area contributed by atoms with Crippen molar-refractivity contribution < 1.29 is 69.6 Å². The van der Waals surface area contributed by atoms with Crippen molar-refractivity contribution in [3.05, 3.63) is 48.0 Å². The zero-order valence-corrected chi connectivity index (χ0v) is 24.7. The van der Waals surface area contributed by atoms with Crippen molar-refractivity contribution in [2.45, 2.75) is 42.9 Å². The van der Waals surface area contributed by atoms with Gasteiger partial charge in [-0.15, -0.1) is 10.2 Å². The lowest BCUT2D eigenvalue weighted by Crippen LogP contribution is -2.33. The highest BCUT2D eigenvalue weighted by atomic mass is 31.3. The number of phosphoric ester groups is 1. The number of aromatic nitrogens is 4. The lowest BCUT2D eigenvalue weighted by molar-refractivity contribution is -0.166. The highest BCUT2D eigenvalue weighted by Gasteiger charge is 2.65. The van der Waals surface area contributed by atoms with Crippen molar-refractivity contribution in [1.29, 1.82) is 0 Å². The molecule has 2 aromatic heterocycles. The number of nitrogen functional groups attached to an aromatic ring is 1. The molecule has 8 N–H and O–H groups in total. The van der Waals surface area contributed by atoms with E-state index in [1.807, 2.05) is 5.09 Å². The molecule has 0 saturated carbocycles. The Kier molecular flexibility index (Phi) is 8.81. The number of aliphatic hydroxyl groups is 2. The van der Waals surface area contributed by atoms with Gasteiger partial charge < -0.3 is 35.4 Å². The summed E-state index contributed by atoms with van der Waals surface area (Å²) in [6.45, 7) is -1.59. The Labute approximate surface area is 248 Å². The number of hydrogen-bond donors (Lipinski definition) is 7. The van der Waals surface area contributed by atoms with Crippen LogP contribution < -0.4 is 10.8 Å². The molecule has 0 bridgehead atoms. The van der Waals surface area contributed by atoms with Crippen molar-refractivity contribution >= 4 is 40.4 Å². The number of phosphoric acid groups is 2. The van der Waals surface area contributed by atoms with Crippen LogP contribution in [-0.2, 0) is 43.8 Å². The number of hydrogen-bond acceptors (Lipinski definition) is 15. The zero-order chi connectivity index (χ0) is 33.0. The number of imidazole rings is 1. The van der Waals surface area contributed by atoms with Gasteiger partial charge in [-0.05, 0) is 5.56 Å². The summed E-state index contributed by atoms with van der Waals surface area (Å²) >= 11 is 0. The van der Waals surface area contributed by atoms with Crippen molar-refractivity contribution in [2.75, 3.05) is 12.3 Å². The van der Waals surface area contributed by atoms with E-state index in [-0.39, 0.29) is 28.1 Å². The van der Waals surface area contributed by atoms with Gasteiger partial charge >= 0.3 is 35.2 Å². The second kappa shape index (κ2) is 11.8. The Balaban J connectivity index is 1.14. The van der Waals surface area contributed by atoms with Gasteiger partial charge in [0.15, 0.2) is 17.7 Å². The average molecular weight is 704 g/mol. The molecular formula is C19H22F3N8O12P3. The quantitative estimate of drug-likeness (QED) is 0.131. The highest BCUT2D eigenvalue weighted by Crippen LogP contribution is 2.66. The average Bonchev–Trinajstić information content (AvgIpc) is 3.58. The van der Waals surface area contributed by atoms with Crippen LogP contribution in [0.2, 0.25) is 0 Å². The maximum Gasteiger partial charge on any atom is 0.489 e. The third kappa shape index (κ3) is 7.15. The van der Waals surface area contributed by atoms with Crippen LogP contribution in [0.1, 0.15) is 17.4 Å². The van der Waals surface area contributed by atoms with E-state index in [0.717, 1.165) is 30.6 Å². The van der Waals surface area contributed by atoms with E-state index in [1.54, 1.807) is 0 Å². The molecule has 0 radical (unpaired) electrons. The number of nitrogens with zero attached hydrogens (tertiary/aromatic N) is 6. The molecule has 2 aliphatic rings. The Morgan fingerprint density at radius 2 is 1.67 bits per heavy atom. The summed E-state index contributed by atoms with van der Waals surface area (Å²) in [5.41, 5.74) is 3.11. The molecule has 20 nitrogen and oxygen atoms in total. The van der Waals surface area contributed by atoms with Gasteiger partial charge in [0.05, 0.1) is 12.9 Å². The fourth-order valence-corrected chi connectivity index (χ4v) is 7.83. The molecule has 0 aliphatic carbocycles. The number of aliphatic hydroxyl groups excluding tert-OH is 2. The molecule has 3 aromatic rings. The highest BCUT2D eigenvalue weighted by molar-refractivity contribution is 7.67. The number of benzene rings is 1. The van der Waals surface area contributed by atoms with Gasteiger partial charge in [0.1, 0.15) is 30.2 Å². The Hall–Kier alpha value is -2.75. The van der Waals surface area contributed by atoms with E-state index >= 15 is 0 Å². The van der Waals surface area contributed by atoms with Crippen LogP contribution in [-0.4, -0.2) is 75.5 Å². The molecule has 7 atom stereocenters. The number of fused-ring (bicyclic) bond motifs is 1. The third-order valence-corrected chi connectivity index (χ3v) is 10.8. The largest absolute Gasteiger partial charge is 0.489 e. The topological polar surface area (TPSA) is 296 Å². The summed E-state index contributed by atoms with van der Waals surface area (Å²) < 4.78 is 95.5. The van der Waals surface area contributed by atoms with Crippen molar-refractivity contribution in [1.82, 2.24) is 24.6 Å². The summed E-state index contributed by atoms with van der Waals surface area (Å²) in [5.74, 6) is 0.0153. The molecular weight excluding hydrogens is 682 g/mol. The molecule has 5 rings (SSSR count). The molecule has 3 unspecified atom stereocenters. The lowest BCUT2D eigenvalue weighted by Gasteiger charge is -2.20. The third-order valence-electron chi connectivity index (χ3n) is 6.36. The molecule has 1 saturated heterocycles. The molecule has 4 heterocycles. The smallest absolute Gasteiger partial charge is 0.387 e. The summed E-state index contributed by atoms with van der Waals surface area (Å²) in [5, 5.41) is 28.7. The monoisotopic (exact) mass is 704 g/mol. The number of alkyl halides is 3. The standard InChI is InChI=1S/C19H22F3N8O12P3/c20-19(21,22)18(28-29-18)10-3-1-9(2-4-10)5-27-43(33,34)41-45(37,38)42-44(35,36)39-6-11-13(31)14(32)17(40-11)30-8-26-12-15(23)24-7-25-16(12)30/h1-4,7-8,11,13-14,17,31-32H,5-6H2,(H,35,36)(H,37,38)(H2,23,24,25)(H2,27,33,34)/t11-,13-,14-,17-/m1/s1. The maximum atomic E-state index is 13.1. The van der Waals surface area contributed by atoms with Crippen LogP contribution in [0, 0.1) is 0 Å². The fourth-order valence-electron chi connectivity index (χ4n) is 4.15. The molecule has 0 amide bonds. The van der Waals surface area contributed by atoms with Crippen LogP contribution in [0.3, 0.4) is 0 Å². The van der Waals surface area contributed by atoms with E-state index in [9.17, 15) is 51.8 Å². The molecule has 246 valence electrons. The van der Waals surface area contributed by atoms with Crippen LogP contribution in [0.5, 0.6) is 0 Å². The summed E-state index contributed by atoms with van der Waals surface area (Å²) in [7, 11) is -16.7. The minimum atomic E-state index is -5.82. The van der Waals surface area contributed by atoms with Crippen molar-refractivity contribution in [2.24, 2.45) is 10.2 Å². The van der Waals surface area contributed by atoms with E-state index in [0.29, 0.717) is 0 Å². The van der Waals surface area contributed by atoms with Gasteiger partial charge in [-0.2, -0.15) is 21.8 Å². The van der Waals surface area contributed by atoms with E-state index in [2.05, 4.69) is 38.3 Å². The lowest BCUT2D eigenvalue weighted by atomic mass is 10.0. The van der Waals surface area contributed by atoms with Crippen LogP contribution in [0.25, 0.3) is 11.2 Å². The summed E-state index contributed by atoms with van der Waals surface area (Å²) in [4.78, 5) is 41.4. The normalized spacial score (nSPS) is 26.8. The number of halogens is 3. The summed E-state index contributed by atoms with van der Waals surface area (Å²) in [6, 6.07) is 4.29. The van der Waals surface area contributed by atoms with Gasteiger partial charge in [0.25, 0.3) is 0 Å². The van der Waals surface area contributed by atoms with Crippen LogP contribution in [0.15, 0.2) is 47.1 Å². The number of rotatable bonds is 12. The Morgan fingerprint density at radius 1 is 1.00 bits per heavy atom. The van der Waals surface area contributed by atoms with E-state index < -0.39 is 72.9 Å². The Morgan fingerprint density at radius 3 is 2.29 bits per heavy atom. The summed E-state index contributed by atoms with van der Waals surface area (Å²) in [6.07, 6.45) is -8.72. The van der Waals surface area contributed by atoms with E-state index in [1.165, 1.54) is 10.9 Å². The van der Waals surface area contributed by atoms with Gasteiger partial charge in [-0.25, -0.2) is 33.7 Å². The fraction of sp³-hybridized carbons (Fsp3) is 0.421.